The zero-order chi connectivity index (χ0) is 22.8. The van der Waals surface area contributed by atoms with Gasteiger partial charge in [0.1, 0.15) is 5.82 Å². The molecule has 5 rings (SSSR count). The number of carbonyl (C=O) groups is 1. The van der Waals surface area contributed by atoms with E-state index in [4.69, 9.17) is 14.5 Å². The molecule has 10 heteroatoms. The normalized spacial score (nSPS) is 13.6. The zero-order valence-corrected chi connectivity index (χ0v) is 18.5. The molecular formula is C23H25N7O3. The predicted molar refractivity (Wildman–Crippen MR) is 122 cm³/mol. The quantitative estimate of drug-likeness (QED) is 0.374. The second-order valence-electron chi connectivity index (χ2n) is 8.02. The fraction of sp³-hybridized carbons (Fsp3) is 0.304. The lowest BCUT2D eigenvalue weighted by molar-refractivity contribution is -0.124. The van der Waals surface area contributed by atoms with E-state index in [-0.39, 0.29) is 18.6 Å². The molecule has 2 aromatic carbocycles. The molecular weight excluding hydrogens is 422 g/mol. The lowest BCUT2D eigenvalue weighted by Gasteiger charge is -2.27. The number of methoxy groups -OCH3 is 1. The number of aromatic nitrogens is 5. The average Bonchev–Trinajstić information content (AvgIpc) is 3.41. The van der Waals surface area contributed by atoms with E-state index in [0.717, 1.165) is 40.9 Å². The van der Waals surface area contributed by atoms with Crippen molar-refractivity contribution in [3.63, 3.8) is 0 Å². The molecule has 0 saturated carbocycles. The van der Waals surface area contributed by atoms with Gasteiger partial charge in [0.05, 0.1) is 24.9 Å². The number of rotatable bonds is 8. The van der Waals surface area contributed by atoms with Gasteiger partial charge in [0, 0.05) is 37.5 Å². The number of aromatic amines is 1. The lowest BCUT2D eigenvalue weighted by atomic mass is 10.1. The van der Waals surface area contributed by atoms with Crippen LogP contribution in [-0.4, -0.2) is 63.7 Å². The Kier molecular flexibility index (Phi) is 5.66. The Morgan fingerprint density at radius 3 is 2.88 bits per heavy atom. The van der Waals surface area contributed by atoms with E-state index in [2.05, 4.69) is 38.1 Å². The Bertz CT molecular complexity index is 1290. The maximum atomic E-state index is 12.0. The van der Waals surface area contributed by atoms with Crippen LogP contribution >= 0.6 is 0 Å². The lowest BCUT2D eigenvalue weighted by Crippen LogP contribution is -2.57. The Morgan fingerprint density at radius 1 is 1.21 bits per heavy atom. The smallest absolute Gasteiger partial charge is 0.258 e. The van der Waals surface area contributed by atoms with Gasteiger partial charge in [-0.05, 0) is 35.9 Å². The van der Waals surface area contributed by atoms with Crippen molar-refractivity contribution in [1.82, 2.24) is 35.6 Å². The van der Waals surface area contributed by atoms with E-state index in [1.165, 1.54) is 0 Å². The van der Waals surface area contributed by atoms with Crippen molar-refractivity contribution < 1.29 is 14.3 Å². The molecule has 3 heterocycles. The van der Waals surface area contributed by atoms with Gasteiger partial charge in [0.2, 0.25) is 0 Å². The van der Waals surface area contributed by atoms with Crippen LogP contribution in [0.25, 0.3) is 22.3 Å². The highest BCUT2D eigenvalue weighted by atomic mass is 16.5. The van der Waals surface area contributed by atoms with E-state index < -0.39 is 0 Å². The second kappa shape index (κ2) is 8.91. The maximum absolute atomic E-state index is 12.0. The van der Waals surface area contributed by atoms with Crippen LogP contribution in [0.2, 0.25) is 0 Å². The van der Waals surface area contributed by atoms with Crippen molar-refractivity contribution in [2.75, 3.05) is 26.8 Å². The monoisotopic (exact) mass is 447 g/mol. The molecule has 4 aromatic rings. The molecule has 0 bridgehead atoms. The number of fused-ring (bicyclic) bond motifs is 1. The molecule has 2 aromatic heterocycles. The summed E-state index contributed by atoms with van der Waals surface area (Å²) in [7, 11) is 3.45. The number of nitrogens with zero attached hydrogens (tertiary/aromatic N) is 4. The highest BCUT2D eigenvalue weighted by Crippen LogP contribution is 2.31. The average molecular weight is 447 g/mol. The fourth-order valence-corrected chi connectivity index (χ4v) is 3.71. The van der Waals surface area contributed by atoms with Crippen molar-refractivity contribution in [1.29, 1.82) is 0 Å². The van der Waals surface area contributed by atoms with Crippen molar-refractivity contribution in [3.8, 4) is 22.9 Å². The minimum atomic E-state index is -0.155. The molecule has 0 unspecified atom stereocenters. The molecule has 1 aliphatic rings. The maximum Gasteiger partial charge on any atom is 0.258 e. The number of aryl methyl sites for hydroxylation is 1. The molecule has 0 radical (unpaired) electrons. The number of H-pyrrole nitrogens is 1. The number of carbonyl (C=O) groups excluding carboxylic acids is 1. The van der Waals surface area contributed by atoms with E-state index in [1.807, 2.05) is 31.4 Å². The number of amides is 1. The molecule has 1 aliphatic heterocycles. The Balaban J connectivity index is 1.29. The minimum Gasteiger partial charge on any atom is -0.493 e. The van der Waals surface area contributed by atoms with Crippen LogP contribution < -0.4 is 20.1 Å². The van der Waals surface area contributed by atoms with Crippen molar-refractivity contribution in [2.45, 2.75) is 12.5 Å². The summed E-state index contributed by atoms with van der Waals surface area (Å²) in [6.07, 6.45) is 2.46. The topological polar surface area (TPSA) is 119 Å². The third-order valence-electron chi connectivity index (χ3n) is 5.65. The summed E-state index contributed by atoms with van der Waals surface area (Å²) < 4.78 is 12.9. The first-order chi connectivity index (χ1) is 16.1. The summed E-state index contributed by atoms with van der Waals surface area (Å²) in [6.45, 7) is 1.51. The summed E-state index contributed by atoms with van der Waals surface area (Å²) in [5.41, 5.74) is 2.93. The van der Waals surface area contributed by atoms with E-state index >= 15 is 0 Å². The third-order valence-corrected chi connectivity index (χ3v) is 5.65. The van der Waals surface area contributed by atoms with Crippen LogP contribution in [0.3, 0.4) is 0 Å². The largest absolute Gasteiger partial charge is 0.493 e. The summed E-state index contributed by atoms with van der Waals surface area (Å²) in [4.78, 5) is 16.8. The molecule has 1 saturated heterocycles. The summed E-state index contributed by atoms with van der Waals surface area (Å²) in [5.74, 6) is 2.29. The number of benzene rings is 2. The molecule has 0 aliphatic carbocycles. The van der Waals surface area contributed by atoms with Gasteiger partial charge in [-0.1, -0.05) is 6.07 Å². The fourth-order valence-electron chi connectivity index (χ4n) is 3.71. The highest BCUT2D eigenvalue weighted by Gasteiger charge is 2.19. The van der Waals surface area contributed by atoms with Crippen LogP contribution in [0.5, 0.6) is 11.5 Å². The number of hydrogen-bond acceptors (Lipinski definition) is 7. The van der Waals surface area contributed by atoms with Crippen molar-refractivity contribution in [3.05, 3.63) is 54.0 Å². The van der Waals surface area contributed by atoms with Gasteiger partial charge in [0.25, 0.3) is 5.91 Å². The summed E-state index contributed by atoms with van der Waals surface area (Å²) >= 11 is 0. The minimum absolute atomic E-state index is 0.0702. The van der Waals surface area contributed by atoms with Crippen molar-refractivity contribution >= 4 is 16.8 Å². The van der Waals surface area contributed by atoms with Gasteiger partial charge in [-0.2, -0.15) is 10.2 Å². The predicted octanol–water partition coefficient (Wildman–Crippen LogP) is 1.42. The molecule has 0 spiro atoms. The molecule has 170 valence electrons. The first-order valence-electron chi connectivity index (χ1n) is 10.7. The molecule has 33 heavy (non-hydrogen) atoms. The molecule has 10 nitrogen and oxygen atoms in total. The second-order valence-corrected chi connectivity index (χ2v) is 8.02. The van der Waals surface area contributed by atoms with E-state index in [9.17, 15) is 4.79 Å². The number of ether oxygens (including phenoxy) is 2. The van der Waals surface area contributed by atoms with Crippen LogP contribution in [0.4, 0.5) is 0 Å². The number of hydrogen-bond donors (Lipinski definition) is 3. The van der Waals surface area contributed by atoms with Crippen LogP contribution in [-0.2, 0) is 18.3 Å². The van der Waals surface area contributed by atoms with Crippen LogP contribution in [0, 0.1) is 0 Å². The first kappa shape index (κ1) is 21.0. The zero-order valence-electron chi connectivity index (χ0n) is 18.5. The van der Waals surface area contributed by atoms with Gasteiger partial charge >= 0.3 is 0 Å². The third kappa shape index (κ3) is 4.51. The van der Waals surface area contributed by atoms with Gasteiger partial charge in [-0.25, -0.2) is 4.98 Å². The Labute approximate surface area is 190 Å². The first-order valence-corrected chi connectivity index (χ1v) is 10.7. The van der Waals surface area contributed by atoms with Crippen LogP contribution in [0.1, 0.15) is 11.4 Å². The van der Waals surface area contributed by atoms with Crippen LogP contribution in [0.15, 0.2) is 42.6 Å². The summed E-state index contributed by atoms with van der Waals surface area (Å²) in [5, 5.41) is 18.7. The van der Waals surface area contributed by atoms with Gasteiger partial charge in [-0.3, -0.25) is 14.6 Å². The highest BCUT2D eigenvalue weighted by molar-refractivity contribution is 5.79. The SMILES string of the molecule is COc1cc(-c2nc(Cc3ccc4[nH]ncc4c3)n(C)n2)ccc1OCC(=O)NC1CNC1. The number of nitrogens with one attached hydrogen (secondary N) is 3. The summed E-state index contributed by atoms with van der Waals surface area (Å²) in [6, 6.07) is 11.8. The molecule has 1 fully saturated rings. The Hall–Kier alpha value is -3.92. The molecule has 1 amide bonds. The molecule has 0 atom stereocenters. The van der Waals surface area contributed by atoms with Crippen molar-refractivity contribution in [2.24, 2.45) is 7.05 Å². The Morgan fingerprint density at radius 2 is 2.09 bits per heavy atom. The standard InChI is InChI=1S/C23H25N7O3/c1-30-21(8-14-3-5-18-16(7-14)10-25-28-18)27-23(29-30)15-4-6-19(20(9-15)32-2)33-13-22(31)26-17-11-24-12-17/h3-7,9-10,17,24H,8,11-13H2,1-2H3,(H,25,28)(H,26,31). The van der Waals surface area contributed by atoms with E-state index in [0.29, 0.717) is 23.7 Å². The van der Waals surface area contributed by atoms with Gasteiger partial charge in [0.15, 0.2) is 23.9 Å². The van der Waals surface area contributed by atoms with Gasteiger partial charge < -0.3 is 20.1 Å². The molecule has 3 N–H and O–H groups in total. The van der Waals surface area contributed by atoms with E-state index in [1.54, 1.807) is 17.9 Å². The van der Waals surface area contributed by atoms with Gasteiger partial charge in [-0.15, -0.1) is 0 Å².